The summed E-state index contributed by atoms with van der Waals surface area (Å²) in [7, 11) is 0. The second kappa shape index (κ2) is 2.60. The van der Waals surface area contributed by atoms with Crippen molar-refractivity contribution >= 4 is 18.0 Å². The molecule has 1 aromatic rings. The molecule has 0 saturated carbocycles. The van der Waals surface area contributed by atoms with Crippen LogP contribution in [0.2, 0.25) is 0 Å². The lowest BCUT2D eigenvalue weighted by atomic mass is 10.2. The first-order valence-electron chi connectivity index (χ1n) is 3.48. The van der Waals surface area contributed by atoms with E-state index in [1.165, 1.54) is 6.20 Å². The van der Waals surface area contributed by atoms with Gasteiger partial charge in [-0.15, -0.1) is 4.21 Å². The van der Waals surface area contributed by atoms with Crippen molar-refractivity contribution in [2.45, 2.75) is 4.90 Å². The van der Waals surface area contributed by atoms with Crippen LogP contribution in [0.4, 0.5) is 0 Å². The standard InChI is InChI=1S/C8H7NO2S/c10-9(11)6-5-7-3-1-2-4-8(7)12-9/h1-6,10H. The van der Waals surface area contributed by atoms with Crippen molar-refractivity contribution in [1.82, 2.24) is 0 Å². The second-order valence-electron chi connectivity index (χ2n) is 2.51. The Morgan fingerprint density at radius 1 is 1.33 bits per heavy atom. The zero-order valence-corrected chi connectivity index (χ0v) is 6.99. The Kier molecular flexibility index (Phi) is 1.69. The van der Waals surface area contributed by atoms with Gasteiger partial charge in [0.15, 0.2) is 11.9 Å². The van der Waals surface area contributed by atoms with Crippen LogP contribution < -0.4 is 0 Å². The molecule has 1 aromatic carbocycles. The minimum absolute atomic E-state index is 0.803. The Bertz CT molecular complexity index is 336. The third-order valence-corrected chi connectivity index (χ3v) is 2.54. The molecular formula is C8H7NO2S. The van der Waals surface area contributed by atoms with Gasteiger partial charge in [0, 0.05) is 6.08 Å². The molecule has 0 bridgehead atoms. The number of hydrogen-bond donors (Lipinski definition) is 1. The molecule has 1 heterocycles. The van der Waals surface area contributed by atoms with Gasteiger partial charge in [0.05, 0.1) is 4.90 Å². The third kappa shape index (κ3) is 1.37. The van der Waals surface area contributed by atoms with Crippen LogP contribution in [0.15, 0.2) is 35.4 Å². The first-order valence-corrected chi connectivity index (χ1v) is 4.25. The topological polar surface area (TPSA) is 43.3 Å². The summed E-state index contributed by atoms with van der Waals surface area (Å²) in [6.45, 7) is 0. The molecule has 12 heavy (non-hydrogen) atoms. The number of nitrogens with zero attached hydrogens (tertiary/aromatic N) is 1. The summed E-state index contributed by atoms with van der Waals surface area (Å²) in [5, 5.41) is 20.1. The van der Waals surface area contributed by atoms with E-state index in [1.807, 2.05) is 24.3 Å². The van der Waals surface area contributed by atoms with Crippen molar-refractivity contribution in [2.75, 3.05) is 0 Å². The van der Waals surface area contributed by atoms with Crippen LogP contribution in [0.3, 0.4) is 0 Å². The summed E-state index contributed by atoms with van der Waals surface area (Å²) in [4.78, 5) is 0.803. The number of rotatable bonds is 0. The number of benzene rings is 1. The van der Waals surface area contributed by atoms with Crippen LogP contribution in [0.5, 0.6) is 0 Å². The molecule has 1 atom stereocenters. The summed E-state index contributed by atoms with van der Waals surface area (Å²) in [5.41, 5.74) is 0.973. The van der Waals surface area contributed by atoms with E-state index in [-0.39, 0.29) is 0 Å². The van der Waals surface area contributed by atoms with Gasteiger partial charge in [0.1, 0.15) is 6.20 Å². The van der Waals surface area contributed by atoms with Crippen LogP contribution in [-0.4, -0.2) is 9.42 Å². The van der Waals surface area contributed by atoms with Crippen molar-refractivity contribution in [3.8, 4) is 0 Å². The zero-order chi connectivity index (χ0) is 8.60. The molecule has 1 aliphatic rings. The van der Waals surface area contributed by atoms with E-state index in [1.54, 1.807) is 6.08 Å². The van der Waals surface area contributed by atoms with E-state index in [4.69, 9.17) is 5.21 Å². The average molecular weight is 181 g/mol. The van der Waals surface area contributed by atoms with E-state index < -0.39 is 4.21 Å². The summed E-state index contributed by atoms with van der Waals surface area (Å²) in [5.74, 6) is 0. The molecule has 0 aliphatic carbocycles. The Balaban J connectivity index is 2.46. The van der Waals surface area contributed by atoms with Gasteiger partial charge in [0.2, 0.25) is 0 Å². The fourth-order valence-corrected chi connectivity index (χ4v) is 1.83. The Hall–Kier alpha value is -0.810. The average Bonchev–Trinajstić information content (AvgIpc) is 2.02. The normalized spacial score (nSPS) is 26.8. The van der Waals surface area contributed by atoms with E-state index in [0.717, 1.165) is 22.4 Å². The van der Waals surface area contributed by atoms with Gasteiger partial charge < -0.3 is 5.21 Å². The van der Waals surface area contributed by atoms with Crippen LogP contribution >= 0.6 is 11.9 Å². The first-order chi connectivity index (χ1) is 5.67. The van der Waals surface area contributed by atoms with Gasteiger partial charge in [0.25, 0.3) is 0 Å². The predicted octanol–water partition coefficient (Wildman–Crippen LogP) is 2.38. The van der Waals surface area contributed by atoms with Crippen molar-refractivity contribution in [3.63, 3.8) is 0 Å². The minimum Gasteiger partial charge on any atom is -0.581 e. The van der Waals surface area contributed by atoms with E-state index >= 15 is 0 Å². The molecule has 0 fully saturated rings. The highest BCUT2D eigenvalue weighted by atomic mass is 32.2. The zero-order valence-electron chi connectivity index (χ0n) is 6.18. The van der Waals surface area contributed by atoms with E-state index in [9.17, 15) is 5.21 Å². The highest BCUT2D eigenvalue weighted by Gasteiger charge is 2.20. The molecule has 1 aliphatic heterocycles. The number of hydrogen-bond acceptors (Lipinski definition) is 3. The summed E-state index contributed by atoms with van der Waals surface area (Å²) in [6.07, 6.45) is 2.83. The monoisotopic (exact) mass is 181 g/mol. The molecule has 2 rings (SSSR count). The van der Waals surface area contributed by atoms with Crippen molar-refractivity contribution in [2.24, 2.45) is 0 Å². The van der Waals surface area contributed by atoms with Gasteiger partial charge >= 0.3 is 0 Å². The molecule has 0 saturated heterocycles. The SMILES string of the molecule is [O-][N+]1(O)C=Cc2ccccc2S1. The van der Waals surface area contributed by atoms with Crippen molar-refractivity contribution in [3.05, 3.63) is 41.2 Å². The molecule has 1 unspecified atom stereocenters. The molecule has 0 spiro atoms. The number of hydroxylamine groups is 2. The summed E-state index contributed by atoms with van der Waals surface area (Å²) >= 11 is 0.865. The number of quaternary nitrogens is 1. The fourth-order valence-electron chi connectivity index (χ4n) is 1.05. The molecule has 0 amide bonds. The smallest absolute Gasteiger partial charge is 0.154 e. The summed E-state index contributed by atoms with van der Waals surface area (Å²) in [6, 6.07) is 7.44. The molecule has 0 aromatic heterocycles. The molecule has 4 heteroatoms. The van der Waals surface area contributed by atoms with Crippen molar-refractivity contribution < 1.29 is 9.42 Å². The summed E-state index contributed by atoms with van der Waals surface area (Å²) < 4.78 is -1.38. The van der Waals surface area contributed by atoms with Crippen LogP contribution in [0.1, 0.15) is 5.56 Å². The van der Waals surface area contributed by atoms with Gasteiger partial charge in [-0.1, -0.05) is 18.2 Å². The second-order valence-corrected chi connectivity index (χ2v) is 3.65. The maximum atomic E-state index is 11.1. The Morgan fingerprint density at radius 3 is 2.92 bits per heavy atom. The van der Waals surface area contributed by atoms with E-state index in [0.29, 0.717) is 0 Å². The minimum atomic E-state index is -1.38. The highest BCUT2D eigenvalue weighted by molar-refractivity contribution is 7.94. The predicted molar refractivity (Wildman–Crippen MR) is 46.7 cm³/mol. The van der Waals surface area contributed by atoms with Crippen molar-refractivity contribution in [1.29, 1.82) is 0 Å². The molecule has 0 radical (unpaired) electrons. The van der Waals surface area contributed by atoms with Crippen LogP contribution in [0, 0.1) is 5.21 Å². The fraction of sp³-hybridized carbons (Fsp3) is 0. The molecule has 1 N–H and O–H groups in total. The first kappa shape index (κ1) is 7.82. The molecule has 3 nitrogen and oxygen atoms in total. The van der Waals surface area contributed by atoms with Crippen LogP contribution in [0.25, 0.3) is 6.08 Å². The Labute approximate surface area is 74.2 Å². The van der Waals surface area contributed by atoms with Gasteiger partial charge in [-0.2, -0.15) is 5.21 Å². The molecular weight excluding hydrogens is 174 g/mol. The lowest BCUT2D eigenvalue weighted by Crippen LogP contribution is -2.23. The number of fused-ring (bicyclic) bond motifs is 1. The largest absolute Gasteiger partial charge is 0.581 e. The highest BCUT2D eigenvalue weighted by Crippen LogP contribution is 2.35. The lowest BCUT2D eigenvalue weighted by molar-refractivity contribution is -0.905. The molecule has 62 valence electrons. The van der Waals surface area contributed by atoms with Gasteiger partial charge in [-0.05, 0) is 11.6 Å². The maximum Gasteiger partial charge on any atom is 0.154 e. The van der Waals surface area contributed by atoms with Crippen LogP contribution in [-0.2, 0) is 0 Å². The Morgan fingerprint density at radius 2 is 2.08 bits per heavy atom. The quantitative estimate of drug-likeness (QED) is 0.379. The third-order valence-electron chi connectivity index (χ3n) is 1.59. The lowest BCUT2D eigenvalue weighted by Gasteiger charge is -2.28. The maximum absolute atomic E-state index is 11.1. The van der Waals surface area contributed by atoms with Gasteiger partial charge in [-0.25, -0.2) is 0 Å². The van der Waals surface area contributed by atoms with Gasteiger partial charge in [-0.3, -0.25) is 0 Å². The van der Waals surface area contributed by atoms with E-state index in [2.05, 4.69) is 0 Å².